The highest BCUT2D eigenvalue weighted by Crippen LogP contribution is 2.27. The van der Waals surface area contributed by atoms with Gasteiger partial charge in [0.1, 0.15) is 12.2 Å². The fourth-order valence-electron chi connectivity index (χ4n) is 2.36. The van der Waals surface area contributed by atoms with Crippen molar-refractivity contribution < 1.29 is 23.5 Å². The molecule has 0 saturated carbocycles. The maximum atomic E-state index is 12.8. The van der Waals surface area contributed by atoms with Gasteiger partial charge in [0.2, 0.25) is 11.8 Å². The lowest BCUT2D eigenvalue weighted by Gasteiger charge is -2.10. The number of amides is 2. The van der Waals surface area contributed by atoms with Crippen molar-refractivity contribution in [3.63, 3.8) is 0 Å². The molecule has 0 atom stereocenters. The summed E-state index contributed by atoms with van der Waals surface area (Å²) in [5, 5.41) is 6.41. The first kappa shape index (κ1) is 20.9. The normalized spacial score (nSPS) is 10.5. The molecule has 0 radical (unpaired) electrons. The summed E-state index contributed by atoms with van der Waals surface area (Å²) >= 11 is 0. The molecule has 148 valence electrons. The van der Waals surface area contributed by atoms with Crippen molar-refractivity contribution in [1.82, 2.24) is 10.7 Å². The Bertz CT molecular complexity index is 838. The molecule has 2 N–H and O–H groups in total. The second-order valence-corrected chi connectivity index (χ2v) is 5.81. The Labute approximate surface area is 162 Å². The zero-order chi connectivity index (χ0) is 20.4. The van der Waals surface area contributed by atoms with Crippen molar-refractivity contribution in [3.05, 3.63) is 59.4 Å². The number of nitrogens with zero attached hydrogens (tertiary/aromatic N) is 1. The standard InChI is InChI=1S/C20H22FN3O4/c1-27-17-8-5-14(11-18(17)28-2)9-10-22-19(25)12-20(26)24-23-13-15-3-6-16(21)7-4-15/h3-8,11,13H,9-10,12H2,1-2H3,(H,22,25)(H,24,26)/b23-13+. The van der Waals surface area contributed by atoms with Crippen LogP contribution in [-0.4, -0.2) is 38.8 Å². The molecule has 7 nitrogen and oxygen atoms in total. The van der Waals surface area contributed by atoms with Gasteiger partial charge in [0.25, 0.3) is 0 Å². The van der Waals surface area contributed by atoms with Gasteiger partial charge >= 0.3 is 0 Å². The Kier molecular flexibility index (Phi) is 7.95. The molecule has 2 rings (SSSR count). The van der Waals surface area contributed by atoms with Gasteiger partial charge in [-0.15, -0.1) is 0 Å². The number of ether oxygens (including phenoxy) is 2. The van der Waals surface area contributed by atoms with Gasteiger partial charge in [-0.1, -0.05) is 18.2 Å². The zero-order valence-corrected chi connectivity index (χ0v) is 15.7. The predicted molar refractivity (Wildman–Crippen MR) is 103 cm³/mol. The fourth-order valence-corrected chi connectivity index (χ4v) is 2.36. The van der Waals surface area contributed by atoms with Gasteiger partial charge in [-0.2, -0.15) is 5.10 Å². The first-order valence-electron chi connectivity index (χ1n) is 8.57. The minimum atomic E-state index is -0.540. The van der Waals surface area contributed by atoms with Crippen LogP contribution in [0.25, 0.3) is 0 Å². The minimum absolute atomic E-state index is 0.341. The lowest BCUT2D eigenvalue weighted by Crippen LogP contribution is -2.31. The van der Waals surface area contributed by atoms with Gasteiger partial charge in [0.15, 0.2) is 11.5 Å². The van der Waals surface area contributed by atoms with Gasteiger partial charge in [-0.3, -0.25) is 9.59 Å². The number of halogens is 1. The van der Waals surface area contributed by atoms with E-state index in [-0.39, 0.29) is 12.2 Å². The van der Waals surface area contributed by atoms with E-state index in [1.165, 1.54) is 30.5 Å². The third-order valence-electron chi connectivity index (χ3n) is 3.78. The van der Waals surface area contributed by atoms with Crippen molar-refractivity contribution in [2.24, 2.45) is 5.10 Å². The molecule has 0 saturated heterocycles. The van der Waals surface area contributed by atoms with Gasteiger partial charge in [-0.05, 0) is 41.8 Å². The second-order valence-electron chi connectivity index (χ2n) is 5.81. The largest absolute Gasteiger partial charge is 0.493 e. The van der Waals surface area contributed by atoms with Gasteiger partial charge in [0, 0.05) is 6.54 Å². The number of carbonyl (C=O) groups is 2. The molecule has 0 aromatic heterocycles. The maximum Gasteiger partial charge on any atom is 0.249 e. The fraction of sp³-hybridized carbons (Fsp3) is 0.250. The van der Waals surface area contributed by atoms with Crippen molar-refractivity contribution in [1.29, 1.82) is 0 Å². The molecule has 0 bridgehead atoms. The van der Waals surface area contributed by atoms with Gasteiger partial charge < -0.3 is 14.8 Å². The average Bonchev–Trinajstić information content (AvgIpc) is 2.69. The van der Waals surface area contributed by atoms with Crippen molar-refractivity contribution in [2.75, 3.05) is 20.8 Å². The number of benzene rings is 2. The maximum absolute atomic E-state index is 12.8. The SMILES string of the molecule is COc1ccc(CCNC(=O)CC(=O)N/N=C/c2ccc(F)cc2)cc1OC. The Hall–Kier alpha value is -3.42. The monoisotopic (exact) mass is 387 g/mol. The van der Waals surface area contributed by atoms with E-state index in [9.17, 15) is 14.0 Å². The Morgan fingerprint density at radius 2 is 1.75 bits per heavy atom. The topological polar surface area (TPSA) is 89.0 Å². The van der Waals surface area contributed by atoms with E-state index in [0.717, 1.165) is 5.56 Å². The number of hydrogen-bond donors (Lipinski definition) is 2. The highest BCUT2D eigenvalue weighted by molar-refractivity contribution is 5.97. The first-order valence-corrected chi connectivity index (χ1v) is 8.57. The lowest BCUT2D eigenvalue weighted by molar-refractivity contribution is -0.129. The molecule has 0 aliphatic carbocycles. The third-order valence-corrected chi connectivity index (χ3v) is 3.78. The molecular formula is C20H22FN3O4. The quantitative estimate of drug-likeness (QED) is 0.392. The first-order chi connectivity index (χ1) is 13.5. The molecule has 8 heteroatoms. The molecule has 0 aliphatic rings. The van der Waals surface area contributed by atoms with Crippen LogP contribution in [0.5, 0.6) is 11.5 Å². The number of carbonyl (C=O) groups excluding carboxylic acids is 2. The number of methoxy groups -OCH3 is 2. The molecule has 0 aliphatic heterocycles. The van der Waals surface area contributed by atoms with Crippen LogP contribution in [0.4, 0.5) is 4.39 Å². The highest BCUT2D eigenvalue weighted by atomic mass is 19.1. The molecular weight excluding hydrogens is 365 g/mol. The van der Waals surface area contributed by atoms with E-state index in [2.05, 4.69) is 15.8 Å². The number of rotatable bonds is 9. The van der Waals surface area contributed by atoms with Gasteiger partial charge in [-0.25, -0.2) is 9.82 Å². The third kappa shape index (κ3) is 6.71. The van der Waals surface area contributed by atoms with E-state index in [0.29, 0.717) is 30.0 Å². The minimum Gasteiger partial charge on any atom is -0.493 e. The van der Waals surface area contributed by atoms with Crippen molar-refractivity contribution in [2.45, 2.75) is 12.8 Å². The molecule has 2 aromatic carbocycles. The van der Waals surface area contributed by atoms with Crippen LogP contribution in [0.15, 0.2) is 47.6 Å². The lowest BCUT2D eigenvalue weighted by atomic mass is 10.1. The van der Waals surface area contributed by atoms with E-state index in [4.69, 9.17) is 9.47 Å². The highest BCUT2D eigenvalue weighted by Gasteiger charge is 2.09. The Morgan fingerprint density at radius 3 is 2.43 bits per heavy atom. The molecule has 28 heavy (non-hydrogen) atoms. The van der Waals surface area contributed by atoms with E-state index in [1.807, 2.05) is 12.1 Å². The van der Waals surface area contributed by atoms with Crippen LogP contribution in [0.2, 0.25) is 0 Å². The van der Waals surface area contributed by atoms with Crippen LogP contribution in [-0.2, 0) is 16.0 Å². The summed E-state index contributed by atoms with van der Waals surface area (Å²) in [6.45, 7) is 0.375. The summed E-state index contributed by atoms with van der Waals surface area (Å²) in [5.41, 5.74) is 3.85. The molecule has 0 heterocycles. The number of hydrogen-bond acceptors (Lipinski definition) is 5. The summed E-state index contributed by atoms with van der Waals surface area (Å²) in [7, 11) is 3.12. The summed E-state index contributed by atoms with van der Waals surface area (Å²) < 4.78 is 23.2. The van der Waals surface area contributed by atoms with Crippen molar-refractivity contribution in [3.8, 4) is 11.5 Å². The van der Waals surface area contributed by atoms with E-state index < -0.39 is 11.8 Å². The predicted octanol–water partition coefficient (Wildman–Crippen LogP) is 2.04. The Morgan fingerprint density at radius 1 is 1.04 bits per heavy atom. The molecule has 0 spiro atoms. The number of nitrogens with one attached hydrogen (secondary N) is 2. The van der Waals surface area contributed by atoms with Crippen LogP contribution in [0.3, 0.4) is 0 Å². The molecule has 2 aromatic rings. The molecule has 0 unspecified atom stereocenters. The summed E-state index contributed by atoms with van der Waals surface area (Å²) in [6, 6.07) is 11.1. The molecule has 2 amide bonds. The van der Waals surface area contributed by atoms with Gasteiger partial charge in [0.05, 0.1) is 20.4 Å². The summed E-state index contributed by atoms with van der Waals surface area (Å²) in [4.78, 5) is 23.5. The van der Waals surface area contributed by atoms with Crippen LogP contribution >= 0.6 is 0 Å². The smallest absolute Gasteiger partial charge is 0.249 e. The summed E-state index contributed by atoms with van der Waals surface area (Å²) in [6.07, 6.45) is 1.61. The van der Waals surface area contributed by atoms with E-state index in [1.54, 1.807) is 20.3 Å². The average molecular weight is 387 g/mol. The Balaban J connectivity index is 1.71. The second kappa shape index (κ2) is 10.7. The van der Waals surface area contributed by atoms with E-state index >= 15 is 0 Å². The molecule has 0 fully saturated rings. The van der Waals surface area contributed by atoms with Crippen LogP contribution < -0.4 is 20.2 Å². The number of hydrazone groups is 1. The van der Waals surface area contributed by atoms with Crippen LogP contribution in [0.1, 0.15) is 17.5 Å². The van der Waals surface area contributed by atoms with Crippen LogP contribution in [0, 0.1) is 5.82 Å². The zero-order valence-electron chi connectivity index (χ0n) is 15.7. The van der Waals surface area contributed by atoms with Crippen molar-refractivity contribution >= 4 is 18.0 Å². The summed E-state index contributed by atoms with van der Waals surface area (Å²) in [5.74, 6) is -0.0549.